The molecule has 0 saturated heterocycles. The van der Waals surface area contributed by atoms with Gasteiger partial charge in [-0.15, -0.1) is 0 Å². The summed E-state index contributed by atoms with van der Waals surface area (Å²) in [7, 11) is 1.54. The highest BCUT2D eigenvalue weighted by Crippen LogP contribution is 2.40. The molecule has 1 fully saturated rings. The molecule has 0 unspecified atom stereocenters. The lowest BCUT2D eigenvalue weighted by atomic mass is 10.0. The van der Waals surface area contributed by atoms with Crippen molar-refractivity contribution in [2.24, 2.45) is 11.7 Å². The van der Waals surface area contributed by atoms with Gasteiger partial charge in [-0.05, 0) is 46.0 Å². The van der Waals surface area contributed by atoms with Gasteiger partial charge in [-0.3, -0.25) is 0 Å². The molecular formula is C12H16BrNO2. The van der Waals surface area contributed by atoms with E-state index in [9.17, 15) is 5.11 Å². The lowest BCUT2D eigenvalue weighted by Crippen LogP contribution is -2.11. The molecule has 0 radical (unpaired) electrons. The molecule has 2 rings (SSSR count). The number of benzene rings is 1. The third kappa shape index (κ3) is 2.50. The Kier molecular flexibility index (Phi) is 3.40. The van der Waals surface area contributed by atoms with Crippen molar-refractivity contribution in [3.63, 3.8) is 0 Å². The monoisotopic (exact) mass is 285 g/mol. The van der Waals surface area contributed by atoms with E-state index in [0.717, 1.165) is 17.9 Å². The molecule has 1 atom stereocenters. The van der Waals surface area contributed by atoms with E-state index in [4.69, 9.17) is 10.5 Å². The topological polar surface area (TPSA) is 55.5 Å². The first-order valence-electron chi connectivity index (χ1n) is 5.43. The number of phenols is 1. The lowest BCUT2D eigenvalue weighted by molar-refractivity contribution is 0.370. The van der Waals surface area contributed by atoms with Crippen LogP contribution in [0, 0.1) is 5.92 Å². The molecule has 4 heteroatoms. The van der Waals surface area contributed by atoms with Crippen LogP contribution < -0.4 is 10.5 Å². The van der Waals surface area contributed by atoms with E-state index >= 15 is 0 Å². The van der Waals surface area contributed by atoms with Gasteiger partial charge in [0, 0.05) is 6.04 Å². The Hall–Kier alpha value is -0.740. The zero-order valence-electron chi connectivity index (χ0n) is 9.24. The van der Waals surface area contributed by atoms with Crippen molar-refractivity contribution in [2.45, 2.75) is 25.3 Å². The Morgan fingerprint density at radius 1 is 1.56 bits per heavy atom. The molecule has 1 aliphatic rings. The number of hydrogen-bond donors (Lipinski definition) is 2. The molecule has 1 aliphatic carbocycles. The minimum atomic E-state index is 0.0262. The van der Waals surface area contributed by atoms with E-state index in [1.54, 1.807) is 0 Å². The number of hydrogen-bond acceptors (Lipinski definition) is 3. The van der Waals surface area contributed by atoms with Crippen LogP contribution in [-0.2, 0) is 0 Å². The van der Waals surface area contributed by atoms with Gasteiger partial charge in [0.2, 0.25) is 0 Å². The summed E-state index contributed by atoms with van der Waals surface area (Å²) < 4.78 is 5.73. The molecule has 16 heavy (non-hydrogen) atoms. The summed E-state index contributed by atoms with van der Waals surface area (Å²) in [6, 6.07) is 3.70. The fourth-order valence-corrected chi connectivity index (χ4v) is 2.27. The van der Waals surface area contributed by atoms with Crippen LogP contribution >= 0.6 is 15.9 Å². The zero-order valence-corrected chi connectivity index (χ0v) is 10.8. The third-order valence-electron chi connectivity index (χ3n) is 2.98. The maximum absolute atomic E-state index is 9.69. The van der Waals surface area contributed by atoms with Gasteiger partial charge in [-0.1, -0.05) is 12.8 Å². The van der Waals surface area contributed by atoms with Crippen LogP contribution in [-0.4, -0.2) is 12.2 Å². The van der Waals surface area contributed by atoms with Crippen LogP contribution in [0.15, 0.2) is 16.6 Å². The molecular weight excluding hydrogens is 270 g/mol. The highest BCUT2D eigenvalue weighted by Gasteiger charge is 2.25. The number of nitrogens with two attached hydrogens (primary N) is 1. The van der Waals surface area contributed by atoms with Gasteiger partial charge < -0.3 is 15.6 Å². The van der Waals surface area contributed by atoms with E-state index in [1.165, 1.54) is 20.0 Å². The predicted molar refractivity (Wildman–Crippen MR) is 66.6 cm³/mol. The van der Waals surface area contributed by atoms with Gasteiger partial charge in [0.25, 0.3) is 0 Å². The smallest absolute Gasteiger partial charge is 0.172 e. The van der Waals surface area contributed by atoms with Crippen molar-refractivity contribution >= 4 is 15.9 Å². The first-order chi connectivity index (χ1) is 7.61. The van der Waals surface area contributed by atoms with Crippen molar-refractivity contribution in [3.05, 3.63) is 22.2 Å². The van der Waals surface area contributed by atoms with Crippen molar-refractivity contribution < 1.29 is 9.84 Å². The van der Waals surface area contributed by atoms with E-state index in [-0.39, 0.29) is 11.8 Å². The molecule has 88 valence electrons. The minimum Gasteiger partial charge on any atom is -0.503 e. The Morgan fingerprint density at radius 2 is 2.25 bits per heavy atom. The molecule has 0 aromatic heterocycles. The highest BCUT2D eigenvalue weighted by molar-refractivity contribution is 9.10. The van der Waals surface area contributed by atoms with E-state index in [1.807, 2.05) is 12.1 Å². The van der Waals surface area contributed by atoms with E-state index < -0.39 is 0 Å². The molecule has 1 aromatic rings. The van der Waals surface area contributed by atoms with Crippen LogP contribution in [0.1, 0.15) is 30.9 Å². The maximum Gasteiger partial charge on any atom is 0.172 e. The van der Waals surface area contributed by atoms with Crippen molar-refractivity contribution in [2.75, 3.05) is 7.11 Å². The van der Waals surface area contributed by atoms with Crippen LogP contribution in [0.25, 0.3) is 0 Å². The summed E-state index contributed by atoms with van der Waals surface area (Å²) in [5.41, 5.74) is 7.13. The standard InChI is InChI=1S/C12H16BrNO2/c1-16-11-6-8(5-9(13)12(11)15)10(14)4-7-2-3-7/h5-7,10,15H,2-4,14H2,1H3/t10-/m0/s1. The minimum absolute atomic E-state index is 0.0262. The van der Waals surface area contributed by atoms with Crippen molar-refractivity contribution in [1.29, 1.82) is 0 Å². The quantitative estimate of drug-likeness (QED) is 0.894. The average Bonchev–Trinajstić information content (AvgIpc) is 3.05. The predicted octanol–water partition coefficient (Wildman–Crippen LogP) is 2.96. The van der Waals surface area contributed by atoms with Crippen LogP contribution in [0.3, 0.4) is 0 Å². The Bertz CT molecular complexity index is 391. The van der Waals surface area contributed by atoms with E-state index in [0.29, 0.717) is 10.2 Å². The number of halogens is 1. The summed E-state index contributed by atoms with van der Waals surface area (Å²) in [6.45, 7) is 0. The Morgan fingerprint density at radius 3 is 2.81 bits per heavy atom. The summed E-state index contributed by atoms with van der Waals surface area (Å²) in [5, 5.41) is 9.69. The van der Waals surface area contributed by atoms with Crippen LogP contribution in [0.4, 0.5) is 0 Å². The van der Waals surface area contributed by atoms with Crippen molar-refractivity contribution in [3.8, 4) is 11.5 Å². The normalized spacial score (nSPS) is 17.2. The second-order valence-corrected chi connectivity index (χ2v) is 5.19. The summed E-state index contributed by atoms with van der Waals surface area (Å²) in [4.78, 5) is 0. The van der Waals surface area contributed by atoms with Crippen LogP contribution in [0.5, 0.6) is 11.5 Å². The molecule has 1 aromatic carbocycles. The number of rotatable bonds is 4. The van der Waals surface area contributed by atoms with Crippen LogP contribution in [0.2, 0.25) is 0 Å². The zero-order chi connectivity index (χ0) is 11.7. The number of methoxy groups -OCH3 is 1. The summed E-state index contributed by atoms with van der Waals surface area (Å²) in [6.07, 6.45) is 3.61. The SMILES string of the molecule is COc1cc([C@@H](N)CC2CC2)cc(Br)c1O. The Balaban J connectivity index is 2.22. The van der Waals surface area contributed by atoms with Gasteiger partial charge in [0.05, 0.1) is 11.6 Å². The maximum atomic E-state index is 9.69. The van der Waals surface area contributed by atoms with E-state index in [2.05, 4.69) is 15.9 Å². The molecule has 0 spiro atoms. The molecule has 3 N–H and O–H groups in total. The molecule has 0 heterocycles. The molecule has 0 amide bonds. The van der Waals surface area contributed by atoms with Crippen molar-refractivity contribution in [1.82, 2.24) is 0 Å². The summed E-state index contributed by atoms with van der Waals surface area (Å²) >= 11 is 3.30. The Labute approximate surface area is 104 Å². The second kappa shape index (κ2) is 4.63. The van der Waals surface area contributed by atoms with Gasteiger partial charge >= 0.3 is 0 Å². The van der Waals surface area contributed by atoms with Gasteiger partial charge in [0.1, 0.15) is 0 Å². The number of phenolic OH excluding ortho intramolecular Hbond substituents is 1. The van der Waals surface area contributed by atoms with Gasteiger partial charge in [-0.25, -0.2) is 0 Å². The molecule has 1 saturated carbocycles. The fourth-order valence-electron chi connectivity index (χ4n) is 1.81. The fraction of sp³-hybridized carbons (Fsp3) is 0.500. The first kappa shape index (κ1) is 11.7. The second-order valence-electron chi connectivity index (χ2n) is 4.34. The lowest BCUT2D eigenvalue weighted by Gasteiger charge is -2.14. The van der Waals surface area contributed by atoms with Gasteiger partial charge in [-0.2, -0.15) is 0 Å². The summed E-state index contributed by atoms with van der Waals surface area (Å²) in [5.74, 6) is 1.38. The molecule has 3 nitrogen and oxygen atoms in total. The van der Waals surface area contributed by atoms with Gasteiger partial charge in [0.15, 0.2) is 11.5 Å². The first-order valence-corrected chi connectivity index (χ1v) is 6.23. The number of aromatic hydroxyl groups is 1. The third-order valence-corrected chi connectivity index (χ3v) is 3.59. The molecule has 0 aliphatic heterocycles. The number of ether oxygens (including phenoxy) is 1. The highest BCUT2D eigenvalue weighted by atomic mass is 79.9. The largest absolute Gasteiger partial charge is 0.503 e. The average molecular weight is 286 g/mol. The molecule has 0 bridgehead atoms.